The maximum atomic E-state index is 11.9. The first-order chi connectivity index (χ1) is 13.6. The lowest BCUT2D eigenvalue weighted by Crippen LogP contribution is -2.18. The normalized spacial score (nSPS) is 10.5. The number of hydrogen-bond acceptors (Lipinski definition) is 5. The molecule has 0 fully saturated rings. The van der Waals surface area contributed by atoms with Gasteiger partial charge in [0.25, 0.3) is 5.56 Å². The number of hydrogen-bond donors (Lipinski definition) is 2. The number of aromatic nitrogens is 4. The first-order valence-corrected chi connectivity index (χ1v) is 8.66. The topological polar surface area (TPSA) is 90.8 Å². The van der Waals surface area contributed by atoms with E-state index in [0.717, 1.165) is 33.4 Å². The van der Waals surface area contributed by atoms with Crippen molar-refractivity contribution in [2.45, 2.75) is 0 Å². The summed E-state index contributed by atoms with van der Waals surface area (Å²) in [6, 6.07) is 10.8. The molecule has 0 aliphatic heterocycles. The Hall–Kier alpha value is -4.05. The summed E-state index contributed by atoms with van der Waals surface area (Å²) in [7, 11) is 3.63. The Morgan fingerprint density at radius 1 is 1.04 bits per heavy atom. The van der Waals surface area contributed by atoms with E-state index in [4.69, 9.17) is 5.73 Å². The highest BCUT2D eigenvalue weighted by Gasteiger charge is 2.07. The van der Waals surface area contributed by atoms with Gasteiger partial charge in [0.2, 0.25) is 0 Å². The fourth-order valence-corrected chi connectivity index (χ4v) is 3.05. The molecule has 3 aromatic heterocycles. The highest BCUT2D eigenvalue weighted by Crippen LogP contribution is 2.24. The summed E-state index contributed by atoms with van der Waals surface area (Å²) in [5, 5.41) is 4.81. The molecule has 0 bridgehead atoms. The van der Waals surface area contributed by atoms with Gasteiger partial charge in [-0.15, -0.1) is 0 Å². The standard InChI is InChI=1S/C21H18N6O/c1-23-21-18-13-24-19(22)11-17(18)15(12-25-21)6-3-14-4-7-16(8-5-14)27-20(28)9-10-26(27)2/h4-5,7-13H,1-2H3,(H2,22,24)(H,23,25). The third-order valence-electron chi connectivity index (χ3n) is 4.44. The van der Waals surface area contributed by atoms with Crippen LogP contribution in [-0.2, 0) is 7.05 Å². The van der Waals surface area contributed by atoms with Crippen molar-refractivity contribution in [2.75, 3.05) is 18.1 Å². The van der Waals surface area contributed by atoms with Gasteiger partial charge in [-0.05, 0) is 30.3 Å². The Kier molecular flexibility index (Phi) is 4.30. The second-order valence-corrected chi connectivity index (χ2v) is 6.26. The van der Waals surface area contributed by atoms with Gasteiger partial charge in [-0.3, -0.25) is 9.48 Å². The SMILES string of the molecule is CNc1ncc(C#Cc2ccc(-n3c(=O)ccn3C)cc2)c2cc(N)ncc12. The first-order valence-electron chi connectivity index (χ1n) is 8.66. The average Bonchev–Trinajstić information content (AvgIpc) is 3.04. The molecule has 4 aromatic rings. The summed E-state index contributed by atoms with van der Waals surface area (Å²) in [4.78, 5) is 20.5. The number of pyridine rings is 2. The van der Waals surface area contributed by atoms with Crippen molar-refractivity contribution in [3.05, 3.63) is 76.5 Å². The van der Waals surface area contributed by atoms with Gasteiger partial charge >= 0.3 is 0 Å². The number of anilines is 2. The Morgan fingerprint density at radius 2 is 1.82 bits per heavy atom. The van der Waals surface area contributed by atoms with E-state index < -0.39 is 0 Å². The van der Waals surface area contributed by atoms with E-state index in [1.807, 2.05) is 38.4 Å². The number of rotatable bonds is 2. The molecule has 0 amide bonds. The highest BCUT2D eigenvalue weighted by atomic mass is 16.1. The molecule has 0 unspecified atom stereocenters. The second-order valence-electron chi connectivity index (χ2n) is 6.26. The van der Waals surface area contributed by atoms with E-state index >= 15 is 0 Å². The van der Waals surface area contributed by atoms with E-state index in [9.17, 15) is 4.79 Å². The monoisotopic (exact) mass is 370 g/mol. The number of nitrogens with two attached hydrogens (primary N) is 1. The summed E-state index contributed by atoms with van der Waals surface area (Å²) in [5.74, 6) is 7.47. The lowest BCUT2D eigenvalue weighted by atomic mass is 10.1. The number of nitrogens with one attached hydrogen (secondary N) is 1. The van der Waals surface area contributed by atoms with Crippen LogP contribution < -0.4 is 16.6 Å². The average molecular weight is 370 g/mol. The van der Waals surface area contributed by atoms with Gasteiger partial charge in [-0.25, -0.2) is 14.6 Å². The summed E-state index contributed by atoms with van der Waals surface area (Å²) in [6.45, 7) is 0. The van der Waals surface area contributed by atoms with Crippen LogP contribution in [0.25, 0.3) is 16.5 Å². The predicted octanol–water partition coefficient (Wildman–Crippen LogP) is 2.14. The van der Waals surface area contributed by atoms with Gasteiger partial charge in [0, 0.05) is 55.1 Å². The Bertz CT molecular complexity index is 1290. The highest BCUT2D eigenvalue weighted by molar-refractivity contribution is 5.96. The zero-order valence-electron chi connectivity index (χ0n) is 15.5. The molecular formula is C21H18N6O. The van der Waals surface area contributed by atoms with Crippen molar-refractivity contribution in [3.63, 3.8) is 0 Å². The van der Waals surface area contributed by atoms with Crippen molar-refractivity contribution >= 4 is 22.4 Å². The lowest BCUT2D eigenvalue weighted by Gasteiger charge is -2.07. The predicted molar refractivity (Wildman–Crippen MR) is 110 cm³/mol. The van der Waals surface area contributed by atoms with Crippen LogP contribution in [-0.4, -0.2) is 26.4 Å². The minimum atomic E-state index is -0.0744. The Balaban J connectivity index is 1.72. The van der Waals surface area contributed by atoms with Crippen LogP contribution in [0.1, 0.15) is 11.1 Å². The molecule has 0 saturated carbocycles. The quantitative estimate of drug-likeness (QED) is 0.528. The number of nitrogen functional groups attached to an aromatic ring is 1. The van der Waals surface area contributed by atoms with Crippen LogP contribution >= 0.6 is 0 Å². The van der Waals surface area contributed by atoms with Gasteiger partial charge in [0.1, 0.15) is 11.6 Å². The molecule has 7 nitrogen and oxygen atoms in total. The summed E-state index contributed by atoms with van der Waals surface area (Å²) >= 11 is 0. The number of aryl methyl sites for hydroxylation is 1. The van der Waals surface area contributed by atoms with Gasteiger partial charge in [0.15, 0.2) is 0 Å². The molecule has 7 heteroatoms. The third-order valence-corrected chi connectivity index (χ3v) is 4.44. The minimum Gasteiger partial charge on any atom is -0.384 e. The van der Waals surface area contributed by atoms with Gasteiger partial charge in [-0.1, -0.05) is 11.8 Å². The number of fused-ring (bicyclic) bond motifs is 1. The largest absolute Gasteiger partial charge is 0.384 e. The van der Waals surface area contributed by atoms with Crippen molar-refractivity contribution in [2.24, 2.45) is 7.05 Å². The van der Waals surface area contributed by atoms with Crippen LogP contribution in [0.2, 0.25) is 0 Å². The summed E-state index contributed by atoms with van der Waals surface area (Å²) < 4.78 is 3.32. The van der Waals surface area contributed by atoms with Crippen molar-refractivity contribution in [1.29, 1.82) is 0 Å². The zero-order chi connectivity index (χ0) is 19.7. The van der Waals surface area contributed by atoms with Crippen LogP contribution in [0.5, 0.6) is 0 Å². The second kappa shape index (κ2) is 6.93. The summed E-state index contributed by atoms with van der Waals surface area (Å²) in [5.41, 5.74) is 8.16. The third kappa shape index (κ3) is 3.08. The van der Waals surface area contributed by atoms with Crippen LogP contribution in [0.4, 0.5) is 11.6 Å². The minimum absolute atomic E-state index is 0.0744. The molecule has 1 aromatic carbocycles. The molecule has 138 valence electrons. The zero-order valence-corrected chi connectivity index (χ0v) is 15.5. The Labute approximate surface area is 161 Å². The van der Waals surface area contributed by atoms with Gasteiger partial charge < -0.3 is 11.1 Å². The van der Waals surface area contributed by atoms with Gasteiger partial charge in [-0.2, -0.15) is 0 Å². The lowest BCUT2D eigenvalue weighted by molar-refractivity contribution is 0.646. The fraction of sp³-hybridized carbons (Fsp3) is 0.0952. The maximum Gasteiger partial charge on any atom is 0.271 e. The molecule has 4 rings (SSSR count). The van der Waals surface area contributed by atoms with Crippen LogP contribution in [0.15, 0.2) is 59.8 Å². The fourth-order valence-electron chi connectivity index (χ4n) is 3.05. The smallest absolute Gasteiger partial charge is 0.271 e. The number of benzene rings is 1. The summed E-state index contributed by atoms with van der Waals surface area (Å²) in [6.07, 6.45) is 5.14. The molecule has 0 atom stereocenters. The van der Waals surface area contributed by atoms with Crippen molar-refractivity contribution in [1.82, 2.24) is 19.3 Å². The van der Waals surface area contributed by atoms with Crippen LogP contribution in [0.3, 0.4) is 0 Å². The molecule has 0 saturated heterocycles. The maximum absolute atomic E-state index is 11.9. The molecule has 0 radical (unpaired) electrons. The van der Waals surface area contributed by atoms with Crippen molar-refractivity contribution in [3.8, 4) is 17.5 Å². The first kappa shape index (κ1) is 17.4. The van der Waals surface area contributed by atoms with E-state index in [0.29, 0.717) is 5.82 Å². The molecule has 3 heterocycles. The molecular weight excluding hydrogens is 352 g/mol. The number of nitrogens with zero attached hydrogens (tertiary/aromatic N) is 4. The van der Waals surface area contributed by atoms with Crippen LogP contribution in [0, 0.1) is 11.8 Å². The molecule has 3 N–H and O–H groups in total. The van der Waals surface area contributed by atoms with E-state index in [1.54, 1.807) is 34.0 Å². The van der Waals surface area contributed by atoms with E-state index in [1.165, 1.54) is 6.07 Å². The molecule has 28 heavy (non-hydrogen) atoms. The van der Waals surface area contributed by atoms with E-state index in [2.05, 4.69) is 27.1 Å². The Morgan fingerprint density at radius 3 is 2.50 bits per heavy atom. The molecule has 0 aliphatic carbocycles. The van der Waals surface area contributed by atoms with E-state index in [-0.39, 0.29) is 5.56 Å². The van der Waals surface area contributed by atoms with Gasteiger partial charge in [0.05, 0.1) is 11.3 Å². The molecule has 0 spiro atoms. The molecule has 0 aliphatic rings. The van der Waals surface area contributed by atoms with Crippen molar-refractivity contribution < 1.29 is 0 Å².